The SMILES string of the molecule is CCOC(=O)c1[nH]c2c(Br)cccc2c1-c1ccc(Cl)cc1. The number of ether oxygens (including phenoxy) is 1. The molecule has 3 nitrogen and oxygen atoms in total. The molecule has 1 heterocycles. The first-order chi connectivity index (χ1) is 10.6. The molecule has 0 aliphatic carbocycles. The van der Waals surface area contributed by atoms with Gasteiger partial charge in [0.05, 0.1) is 12.1 Å². The van der Waals surface area contributed by atoms with Crippen LogP contribution in [0.2, 0.25) is 5.02 Å². The molecule has 5 heteroatoms. The Kier molecular flexibility index (Phi) is 4.23. The first-order valence-electron chi connectivity index (χ1n) is 6.85. The maximum absolute atomic E-state index is 12.3. The molecule has 0 fully saturated rings. The van der Waals surface area contributed by atoms with Gasteiger partial charge in [0.2, 0.25) is 0 Å². The number of hydrogen-bond acceptors (Lipinski definition) is 2. The van der Waals surface area contributed by atoms with Crippen molar-refractivity contribution in [3.63, 3.8) is 0 Å². The van der Waals surface area contributed by atoms with E-state index in [4.69, 9.17) is 16.3 Å². The fourth-order valence-electron chi connectivity index (χ4n) is 2.45. The Bertz CT molecular complexity index is 840. The van der Waals surface area contributed by atoms with Gasteiger partial charge in [-0.25, -0.2) is 4.79 Å². The van der Waals surface area contributed by atoms with Crippen molar-refractivity contribution in [3.05, 3.63) is 57.7 Å². The van der Waals surface area contributed by atoms with E-state index < -0.39 is 0 Å². The first kappa shape index (κ1) is 15.1. The molecule has 0 saturated carbocycles. The lowest BCUT2D eigenvalue weighted by molar-refractivity contribution is 0.0521. The number of halogens is 2. The number of carbonyl (C=O) groups is 1. The van der Waals surface area contributed by atoms with Gasteiger partial charge in [-0.2, -0.15) is 0 Å². The summed E-state index contributed by atoms with van der Waals surface area (Å²) >= 11 is 9.47. The molecule has 3 aromatic rings. The van der Waals surface area contributed by atoms with E-state index in [1.807, 2.05) is 42.5 Å². The van der Waals surface area contributed by atoms with Crippen LogP contribution < -0.4 is 0 Å². The standard InChI is InChI=1S/C17H13BrClNO2/c1-2-22-17(21)16-14(10-6-8-11(19)9-7-10)12-4-3-5-13(18)15(12)20-16/h3-9,20H,2H2,1H3. The second-order valence-electron chi connectivity index (χ2n) is 4.76. The maximum atomic E-state index is 12.3. The summed E-state index contributed by atoms with van der Waals surface area (Å²) in [6.07, 6.45) is 0. The van der Waals surface area contributed by atoms with Gasteiger partial charge in [0, 0.05) is 20.4 Å². The lowest BCUT2D eigenvalue weighted by Crippen LogP contribution is -2.06. The van der Waals surface area contributed by atoms with Gasteiger partial charge in [-0.1, -0.05) is 35.9 Å². The molecule has 0 unspecified atom stereocenters. The number of carbonyl (C=O) groups excluding carboxylic acids is 1. The summed E-state index contributed by atoms with van der Waals surface area (Å²) in [6, 6.07) is 13.3. The number of para-hydroxylation sites is 1. The van der Waals surface area contributed by atoms with E-state index in [0.717, 1.165) is 26.5 Å². The monoisotopic (exact) mass is 377 g/mol. The molecule has 0 spiro atoms. The van der Waals surface area contributed by atoms with E-state index in [0.29, 0.717) is 17.3 Å². The van der Waals surface area contributed by atoms with E-state index in [1.165, 1.54) is 0 Å². The van der Waals surface area contributed by atoms with E-state index in [9.17, 15) is 4.79 Å². The van der Waals surface area contributed by atoms with Crippen LogP contribution in [0.5, 0.6) is 0 Å². The number of hydrogen-bond donors (Lipinski definition) is 1. The van der Waals surface area contributed by atoms with Gasteiger partial charge >= 0.3 is 5.97 Å². The van der Waals surface area contributed by atoms with E-state index in [-0.39, 0.29) is 5.97 Å². The third-order valence-electron chi connectivity index (χ3n) is 3.40. The van der Waals surface area contributed by atoms with Crippen molar-refractivity contribution >= 4 is 44.4 Å². The molecule has 22 heavy (non-hydrogen) atoms. The molecule has 0 radical (unpaired) electrons. The third kappa shape index (κ3) is 2.64. The molecule has 0 bridgehead atoms. The number of aromatic amines is 1. The number of fused-ring (bicyclic) bond motifs is 1. The number of benzene rings is 2. The highest BCUT2D eigenvalue weighted by Gasteiger charge is 2.21. The third-order valence-corrected chi connectivity index (χ3v) is 4.31. The number of esters is 1. The van der Waals surface area contributed by atoms with Crippen LogP contribution in [0.15, 0.2) is 46.9 Å². The summed E-state index contributed by atoms with van der Waals surface area (Å²) in [5, 5.41) is 1.61. The van der Waals surface area contributed by atoms with Crippen molar-refractivity contribution in [1.29, 1.82) is 0 Å². The van der Waals surface area contributed by atoms with Crippen molar-refractivity contribution in [2.75, 3.05) is 6.61 Å². The van der Waals surface area contributed by atoms with E-state index in [2.05, 4.69) is 20.9 Å². The Morgan fingerprint density at radius 2 is 1.95 bits per heavy atom. The summed E-state index contributed by atoms with van der Waals surface area (Å²) in [5.41, 5.74) is 3.06. The molecule has 1 aromatic heterocycles. The van der Waals surface area contributed by atoms with Crippen molar-refractivity contribution in [3.8, 4) is 11.1 Å². The minimum absolute atomic E-state index is 0.329. The van der Waals surface area contributed by atoms with Crippen molar-refractivity contribution in [1.82, 2.24) is 4.98 Å². The zero-order valence-electron chi connectivity index (χ0n) is 11.8. The lowest BCUT2D eigenvalue weighted by Gasteiger charge is -2.05. The molecular weight excluding hydrogens is 366 g/mol. The minimum atomic E-state index is -0.365. The smallest absolute Gasteiger partial charge is 0.355 e. The second kappa shape index (κ2) is 6.15. The van der Waals surface area contributed by atoms with Gasteiger partial charge in [0.25, 0.3) is 0 Å². The predicted molar refractivity (Wildman–Crippen MR) is 92.4 cm³/mol. The second-order valence-corrected chi connectivity index (χ2v) is 6.06. The van der Waals surface area contributed by atoms with Crippen LogP contribution in [0.3, 0.4) is 0 Å². The summed E-state index contributed by atoms with van der Waals surface area (Å²) in [6.45, 7) is 2.12. The highest BCUT2D eigenvalue weighted by atomic mass is 79.9. The highest BCUT2D eigenvalue weighted by molar-refractivity contribution is 9.10. The first-order valence-corrected chi connectivity index (χ1v) is 8.02. The van der Waals surface area contributed by atoms with Crippen LogP contribution >= 0.6 is 27.5 Å². The minimum Gasteiger partial charge on any atom is -0.461 e. The van der Waals surface area contributed by atoms with Crippen molar-refractivity contribution < 1.29 is 9.53 Å². The topological polar surface area (TPSA) is 42.1 Å². The molecule has 0 amide bonds. The average molecular weight is 379 g/mol. The van der Waals surface area contributed by atoms with E-state index in [1.54, 1.807) is 6.92 Å². The molecule has 0 saturated heterocycles. The maximum Gasteiger partial charge on any atom is 0.355 e. The fraction of sp³-hybridized carbons (Fsp3) is 0.118. The Labute approximate surface area is 141 Å². The summed E-state index contributed by atoms with van der Waals surface area (Å²) in [5.74, 6) is -0.365. The molecule has 1 N–H and O–H groups in total. The molecule has 2 aromatic carbocycles. The average Bonchev–Trinajstić information content (AvgIpc) is 2.89. The number of H-pyrrole nitrogens is 1. The van der Waals surface area contributed by atoms with E-state index >= 15 is 0 Å². The van der Waals surface area contributed by atoms with Gasteiger partial charge in [-0.15, -0.1) is 0 Å². The van der Waals surface area contributed by atoms with Crippen LogP contribution in [-0.4, -0.2) is 17.6 Å². The number of aromatic nitrogens is 1. The highest BCUT2D eigenvalue weighted by Crippen LogP contribution is 2.36. The van der Waals surface area contributed by atoms with Crippen LogP contribution in [0.4, 0.5) is 0 Å². The molecule has 0 atom stereocenters. The molecule has 112 valence electrons. The predicted octanol–water partition coefficient (Wildman–Crippen LogP) is 5.43. The van der Waals surface area contributed by atoms with Gasteiger partial charge < -0.3 is 9.72 Å². The number of rotatable bonds is 3. The Hall–Kier alpha value is -1.78. The van der Waals surface area contributed by atoms with Crippen LogP contribution in [0.1, 0.15) is 17.4 Å². The van der Waals surface area contributed by atoms with Crippen molar-refractivity contribution in [2.45, 2.75) is 6.92 Å². The van der Waals surface area contributed by atoms with Gasteiger partial charge in [-0.3, -0.25) is 0 Å². The van der Waals surface area contributed by atoms with Gasteiger partial charge in [0.1, 0.15) is 5.69 Å². The summed E-state index contributed by atoms with van der Waals surface area (Å²) < 4.78 is 6.07. The normalized spacial score (nSPS) is 10.9. The molecule has 0 aliphatic heterocycles. The fourth-order valence-corrected chi connectivity index (χ4v) is 3.05. The quantitative estimate of drug-likeness (QED) is 0.618. The zero-order chi connectivity index (χ0) is 15.7. The molecule has 3 rings (SSSR count). The summed E-state index contributed by atoms with van der Waals surface area (Å²) in [4.78, 5) is 15.5. The van der Waals surface area contributed by atoms with Crippen LogP contribution in [-0.2, 0) is 4.74 Å². The molecule has 0 aliphatic rings. The zero-order valence-corrected chi connectivity index (χ0v) is 14.2. The van der Waals surface area contributed by atoms with Crippen LogP contribution in [0, 0.1) is 0 Å². The Balaban J connectivity index is 2.29. The Morgan fingerprint density at radius 3 is 2.64 bits per heavy atom. The largest absolute Gasteiger partial charge is 0.461 e. The lowest BCUT2D eigenvalue weighted by atomic mass is 10.0. The van der Waals surface area contributed by atoms with Gasteiger partial charge in [-0.05, 0) is 46.6 Å². The van der Waals surface area contributed by atoms with Crippen LogP contribution in [0.25, 0.3) is 22.0 Å². The molecular formula is C17H13BrClNO2. The van der Waals surface area contributed by atoms with Crippen molar-refractivity contribution in [2.24, 2.45) is 0 Å². The Morgan fingerprint density at radius 1 is 1.23 bits per heavy atom. The van der Waals surface area contributed by atoms with Gasteiger partial charge in [0.15, 0.2) is 0 Å². The summed E-state index contributed by atoms with van der Waals surface area (Å²) in [7, 11) is 0. The number of nitrogens with one attached hydrogen (secondary N) is 1.